The Hall–Kier alpha value is -1.52. The van der Waals surface area contributed by atoms with Crippen LogP contribution in [0.4, 0.5) is 0 Å². The van der Waals surface area contributed by atoms with Crippen LogP contribution in [0.5, 0.6) is 0 Å². The van der Waals surface area contributed by atoms with Gasteiger partial charge in [-0.3, -0.25) is 4.90 Å². The summed E-state index contributed by atoms with van der Waals surface area (Å²) in [5, 5.41) is 2.76. The van der Waals surface area contributed by atoms with Gasteiger partial charge in [0.05, 0.1) is 19.8 Å². The zero-order chi connectivity index (χ0) is 18.6. The van der Waals surface area contributed by atoms with Crippen molar-refractivity contribution in [3.63, 3.8) is 0 Å². The number of nitrogens with zero attached hydrogens (tertiary/aromatic N) is 2. The minimum atomic E-state index is 0.683. The zero-order valence-corrected chi connectivity index (χ0v) is 16.8. The van der Waals surface area contributed by atoms with Gasteiger partial charge in [-0.25, -0.2) is 0 Å². The highest BCUT2D eigenvalue weighted by atomic mass is 35.5. The maximum atomic E-state index is 6.39. The van der Waals surface area contributed by atoms with E-state index >= 15 is 0 Å². The molecule has 1 aromatic heterocycles. The molecule has 0 atom stereocenters. The fraction of sp³-hybridized carbons (Fsp3) is 0.364. The first-order valence-corrected chi connectivity index (χ1v) is 10.3. The third-order valence-electron chi connectivity index (χ3n) is 5.29. The molecule has 3 nitrogen and oxygen atoms in total. The molecule has 5 heteroatoms. The van der Waals surface area contributed by atoms with Gasteiger partial charge in [-0.2, -0.15) is 0 Å². The summed E-state index contributed by atoms with van der Waals surface area (Å²) in [4.78, 5) is 2.49. The summed E-state index contributed by atoms with van der Waals surface area (Å²) in [7, 11) is 0. The maximum Gasteiger partial charge on any atom is 0.0594 e. The van der Waals surface area contributed by atoms with Crippen LogP contribution in [0, 0.1) is 0 Å². The zero-order valence-electron chi connectivity index (χ0n) is 15.3. The number of ether oxygens (including phenoxy) is 1. The topological polar surface area (TPSA) is 17.4 Å². The van der Waals surface area contributed by atoms with Gasteiger partial charge in [0.25, 0.3) is 0 Å². The molecular weight excluding hydrogens is 379 g/mol. The van der Waals surface area contributed by atoms with Crippen LogP contribution in [-0.2, 0) is 17.7 Å². The summed E-state index contributed by atoms with van der Waals surface area (Å²) in [6.45, 7) is 5.62. The van der Waals surface area contributed by atoms with Gasteiger partial charge in [-0.05, 0) is 43.1 Å². The van der Waals surface area contributed by atoms with E-state index in [4.69, 9.17) is 27.9 Å². The first-order chi connectivity index (χ1) is 13.2. The highest BCUT2D eigenvalue weighted by Crippen LogP contribution is 2.29. The van der Waals surface area contributed by atoms with Gasteiger partial charge >= 0.3 is 0 Å². The molecule has 0 N–H and O–H groups in total. The summed E-state index contributed by atoms with van der Waals surface area (Å²) in [5.41, 5.74) is 3.60. The van der Waals surface area contributed by atoms with Gasteiger partial charge in [0.1, 0.15) is 0 Å². The van der Waals surface area contributed by atoms with Crippen LogP contribution in [0.15, 0.2) is 48.7 Å². The van der Waals surface area contributed by atoms with Crippen molar-refractivity contribution >= 4 is 34.1 Å². The molecule has 0 aliphatic carbocycles. The molecular formula is C22H24Cl2N2O. The molecule has 4 rings (SSSR count). The number of hydrogen-bond acceptors (Lipinski definition) is 2. The number of fused-ring (bicyclic) bond motifs is 1. The van der Waals surface area contributed by atoms with E-state index in [9.17, 15) is 0 Å². The largest absolute Gasteiger partial charge is 0.379 e. The minimum Gasteiger partial charge on any atom is -0.379 e. The van der Waals surface area contributed by atoms with Crippen molar-refractivity contribution in [2.24, 2.45) is 0 Å². The molecule has 2 aromatic carbocycles. The Kier molecular flexibility index (Phi) is 6.04. The van der Waals surface area contributed by atoms with Gasteiger partial charge in [-0.15, -0.1) is 0 Å². The molecule has 0 bridgehead atoms. The number of para-hydroxylation sites is 1. The number of aromatic nitrogens is 1. The molecule has 2 heterocycles. The van der Waals surface area contributed by atoms with Crippen molar-refractivity contribution < 1.29 is 4.74 Å². The molecule has 0 radical (unpaired) electrons. The van der Waals surface area contributed by atoms with Gasteiger partial charge < -0.3 is 9.30 Å². The molecule has 0 amide bonds. The predicted octanol–water partition coefficient (Wildman–Crippen LogP) is 5.26. The first-order valence-electron chi connectivity index (χ1n) is 9.52. The second-order valence-electron chi connectivity index (χ2n) is 7.06. The number of hydrogen-bond donors (Lipinski definition) is 0. The SMILES string of the molecule is Clc1cccc(Cl)c1Cn1cc(CCCN2CCOCC2)c2ccccc21. The Bertz CT molecular complexity index is 896. The quantitative estimate of drug-likeness (QED) is 0.559. The lowest BCUT2D eigenvalue weighted by molar-refractivity contribution is 0.0375. The monoisotopic (exact) mass is 402 g/mol. The lowest BCUT2D eigenvalue weighted by Gasteiger charge is -2.26. The van der Waals surface area contributed by atoms with E-state index in [0.29, 0.717) is 16.6 Å². The Morgan fingerprint density at radius 2 is 1.67 bits per heavy atom. The summed E-state index contributed by atoms with van der Waals surface area (Å²) in [5.74, 6) is 0. The standard InChI is InChI=1S/C22H24Cl2N2O/c23-20-7-3-8-21(24)19(20)16-26-15-17(18-6-1-2-9-22(18)26)5-4-10-25-11-13-27-14-12-25/h1-3,6-9,15H,4-5,10-14,16H2. The molecule has 142 valence electrons. The smallest absolute Gasteiger partial charge is 0.0594 e. The van der Waals surface area contributed by atoms with E-state index in [0.717, 1.165) is 51.3 Å². The normalized spacial score (nSPS) is 15.5. The van der Waals surface area contributed by atoms with Crippen molar-refractivity contribution in [2.45, 2.75) is 19.4 Å². The molecule has 1 fully saturated rings. The first kappa shape index (κ1) is 18.8. The molecule has 1 saturated heterocycles. The minimum absolute atomic E-state index is 0.683. The van der Waals surface area contributed by atoms with Crippen LogP contribution in [0.2, 0.25) is 10.0 Å². The summed E-state index contributed by atoms with van der Waals surface area (Å²) < 4.78 is 7.70. The van der Waals surface area contributed by atoms with Crippen molar-refractivity contribution in [1.82, 2.24) is 9.47 Å². The third kappa shape index (κ3) is 4.33. The van der Waals surface area contributed by atoms with Crippen LogP contribution in [0.3, 0.4) is 0 Å². The molecule has 0 saturated carbocycles. The van der Waals surface area contributed by atoms with E-state index in [1.54, 1.807) is 0 Å². The second kappa shape index (κ2) is 8.66. The maximum absolute atomic E-state index is 6.39. The molecule has 0 unspecified atom stereocenters. The van der Waals surface area contributed by atoms with Gasteiger partial charge in [0.15, 0.2) is 0 Å². The number of halogens is 2. The fourth-order valence-corrected chi connectivity index (χ4v) is 4.34. The van der Waals surface area contributed by atoms with Crippen molar-refractivity contribution in [2.75, 3.05) is 32.8 Å². The fourth-order valence-electron chi connectivity index (χ4n) is 3.82. The lowest BCUT2D eigenvalue weighted by atomic mass is 10.1. The van der Waals surface area contributed by atoms with E-state index in [1.165, 1.54) is 16.5 Å². The van der Waals surface area contributed by atoms with Crippen LogP contribution < -0.4 is 0 Å². The van der Waals surface area contributed by atoms with E-state index in [1.807, 2.05) is 18.2 Å². The summed E-state index contributed by atoms with van der Waals surface area (Å²) >= 11 is 12.8. The molecule has 27 heavy (non-hydrogen) atoms. The predicted molar refractivity (Wildman–Crippen MR) is 113 cm³/mol. The molecule has 3 aromatic rings. The highest BCUT2D eigenvalue weighted by Gasteiger charge is 2.13. The third-order valence-corrected chi connectivity index (χ3v) is 5.99. The number of rotatable bonds is 6. The van der Waals surface area contributed by atoms with E-state index in [2.05, 4.69) is 39.9 Å². The Labute approximate surface area is 170 Å². The molecule has 1 aliphatic rings. The van der Waals surface area contributed by atoms with Gasteiger partial charge in [-0.1, -0.05) is 47.5 Å². The van der Waals surface area contributed by atoms with Crippen molar-refractivity contribution in [3.8, 4) is 0 Å². The summed E-state index contributed by atoms with van der Waals surface area (Å²) in [6, 6.07) is 14.3. The highest BCUT2D eigenvalue weighted by molar-refractivity contribution is 6.36. The number of aryl methyl sites for hydroxylation is 1. The Balaban J connectivity index is 1.54. The lowest BCUT2D eigenvalue weighted by Crippen LogP contribution is -2.36. The van der Waals surface area contributed by atoms with Crippen molar-refractivity contribution in [1.29, 1.82) is 0 Å². The molecule has 1 aliphatic heterocycles. The van der Waals surface area contributed by atoms with E-state index in [-0.39, 0.29) is 0 Å². The van der Waals surface area contributed by atoms with Gasteiger partial charge in [0.2, 0.25) is 0 Å². The van der Waals surface area contributed by atoms with Crippen molar-refractivity contribution in [3.05, 3.63) is 69.8 Å². The molecule has 0 spiro atoms. The van der Waals surface area contributed by atoms with Gasteiger partial charge in [0, 0.05) is 45.8 Å². The van der Waals surface area contributed by atoms with Crippen LogP contribution in [0.1, 0.15) is 17.5 Å². The van der Waals surface area contributed by atoms with Crippen LogP contribution in [-0.4, -0.2) is 42.3 Å². The average molecular weight is 403 g/mol. The van der Waals surface area contributed by atoms with E-state index < -0.39 is 0 Å². The van der Waals surface area contributed by atoms with Crippen LogP contribution >= 0.6 is 23.2 Å². The number of benzene rings is 2. The Morgan fingerprint density at radius 3 is 2.44 bits per heavy atom. The summed E-state index contributed by atoms with van der Waals surface area (Å²) in [6.07, 6.45) is 4.49. The number of morpholine rings is 1. The average Bonchev–Trinajstić information content (AvgIpc) is 3.04. The second-order valence-corrected chi connectivity index (χ2v) is 7.87. The Morgan fingerprint density at radius 1 is 0.926 bits per heavy atom. The van der Waals surface area contributed by atoms with Crippen LogP contribution in [0.25, 0.3) is 10.9 Å².